The Bertz CT molecular complexity index is 90.9. The van der Waals surface area contributed by atoms with E-state index in [1.54, 1.807) is 0 Å². The van der Waals surface area contributed by atoms with E-state index in [-0.39, 0.29) is 0 Å². The second-order valence-corrected chi connectivity index (χ2v) is 3.16. The minimum Gasteiger partial charge on any atom is -0.313 e. The Kier molecular flexibility index (Phi) is 2.09. The van der Waals surface area contributed by atoms with Crippen molar-refractivity contribution in [3.8, 4) is 0 Å². The predicted molar refractivity (Wildman–Crippen MR) is 39.6 cm³/mol. The minimum atomic E-state index is 0.720. The van der Waals surface area contributed by atoms with Gasteiger partial charge in [0.1, 0.15) is 0 Å². The monoisotopic (exact) mass is 128 g/mol. The highest BCUT2D eigenvalue weighted by Gasteiger charge is 2.21. The minimum absolute atomic E-state index is 0.720. The van der Waals surface area contributed by atoms with Gasteiger partial charge in [0, 0.05) is 18.6 Å². The second-order valence-electron chi connectivity index (χ2n) is 3.16. The van der Waals surface area contributed by atoms with E-state index in [4.69, 9.17) is 0 Å². The van der Waals surface area contributed by atoms with Gasteiger partial charge in [0.2, 0.25) is 0 Å². The first-order valence-corrected chi connectivity index (χ1v) is 3.60. The largest absolute Gasteiger partial charge is 0.313 e. The maximum Gasteiger partial charge on any atom is 0.0229 e. The summed E-state index contributed by atoms with van der Waals surface area (Å²) in [7, 11) is 4.29. The van der Waals surface area contributed by atoms with Gasteiger partial charge in [-0.1, -0.05) is 0 Å². The van der Waals surface area contributed by atoms with Gasteiger partial charge in [-0.3, -0.25) is 0 Å². The number of hydrogen-bond donors (Lipinski definition) is 1. The summed E-state index contributed by atoms with van der Waals surface area (Å²) in [6.07, 6.45) is 1.30. The first-order chi connectivity index (χ1) is 4.20. The lowest BCUT2D eigenvalue weighted by molar-refractivity contribution is 0.310. The van der Waals surface area contributed by atoms with Crippen molar-refractivity contribution >= 4 is 0 Å². The van der Waals surface area contributed by atoms with Gasteiger partial charge in [-0.05, 0) is 27.4 Å². The van der Waals surface area contributed by atoms with Crippen LogP contribution < -0.4 is 5.32 Å². The molecule has 1 saturated heterocycles. The van der Waals surface area contributed by atoms with E-state index in [0.29, 0.717) is 0 Å². The van der Waals surface area contributed by atoms with Gasteiger partial charge in [-0.25, -0.2) is 0 Å². The number of rotatable bonds is 1. The van der Waals surface area contributed by atoms with Crippen LogP contribution in [0.15, 0.2) is 0 Å². The van der Waals surface area contributed by atoms with E-state index in [1.165, 1.54) is 6.42 Å². The van der Waals surface area contributed by atoms with Gasteiger partial charge in [-0.15, -0.1) is 0 Å². The standard InChI is InChI=1S/C7H16N2/c1-6-4-7(5-8-6)9(2)3/h6-8H,4-5H2,1-3H3/t6-,7-/m1/s1. The molecule has 54 valence electrons. The molecule has 0 bridgehead atoms. The molecule has 0 unspecified atom stereocenters. The molecule has 0 aromatic heterocycles. The number of nitrogens with zero attached hydrogens (tertiary/aromatic N) is 1. The Balaban J connectivity index is 2.30. The van der Waals surface area contributed by atoms with Crippen molar-refractivity contribution in [2.45, 2.75) is 25.4 Å². The van der Waals surface area contributed by atoms with Crippen molar-refractivity contribution in [2.24, 2.45) is 0 Å². The summed E-state index contributed by atoms with van der Waals surface area (Å²) < 4.78 is 0. The molecule has 0 spiro atoms. The fourth-order valence-electron chi connectivity index (χ4n) is 1.31. The SMILES string of the molecule is C[C@@H]1C[C@@H](N(C)C)CN1. The molecule has 0 aromatic rings. The quantitative estimate of drug-likeness (QED) is 0.546. The van der Waals surface area contributed by atoms with Crippen molar-refractivity contribution in [1.82, 2.24) is 10.2 Å². The fraction of sp³-hybridized carbons (Fsp3) is 1.00. The van der Waals surface area contributed by atoms with E-state index in [9.17, 15) is 0 Å². The van der Waals surface area contributed by atoms with Crippen LogP contribution >= 0.6 is 0 Å². The van der Waals surface area contributed by atoms with Gasteiger partial charge >= 0.3 is 0 Å². The Labute approximate surface area is 57.2 Å². The van der Waals surface area contributed by atoms with Crippen LogP contribution in [0.5, 0.6) is 0 Å². The van der Waals surface area contributed by atoms with Crippen LogP contribution in [-0.4, -0.2) is 37.6 Å². The Hall–Kier alpha value is -0.0800. The molecule has 1 fully saturated rings. The van der Waals surface area contributed by atoms with Crippen molar-refractivity contribution < 1.29 is 0 Å². The zero-order chi connectivity index (χ0) is 6.85. The van der Waals surface area contributed by atoms with Crippen molar-refractivity contribution in [2.75, 3.05) is 20.6 Å². The third-order valence-corrected chi connectivity index (χ3v) is 2.06. The van der Waals surface area contributed by atoms with E-state index in [0.717, 1.165) is 18.6 Å². The number of likely N-dealkylation sites (N-methyl/N-ethyl adjacent to an activating group) is 1. The summed E-state index contributed by atoms with van der Waals surface area (Å²) in [6, 6.07) is 1.48. The smallest absolute Gasteiger partial charge is 0.0229 e. The lowest BCUT2D eigenvalue weighted by atomic mass is 10.2. The summed E-state index contributed by atoms with van der Waals surface area (Å²) in [4.78, 5) is 2.29. The lowest BCUT2D eigenvalue weighted by Gasteiger charge is -2.16. The van der Waals surface area contributed by atoms with Gasteiger partial charge in [-0.2, -0.15) is 0 Å². The van der Waals surface area contributed by atoms with E-state index < -0.39 is 0 Å². The van der Waals surface area contributed by atoms with Crippen molar-refractivity contribution in [3.05, 3.63) is 0 Å². The maximum absolute atomic E-state index is 3.41. The highest BCUT2D eigenvalue weighted by atomic mass is 15.2. The highest BCUT2D eigenvalue weighted by Crippen LogP contribution is 2.09. The number of hydrogen-bond acceptors (Lipinski definition) is 2. The van der Waals surface area contributed by atoms with E-state index >= 15 is 0 Å². The molecule has 1 aliphatic heterocycles. The molecule has 0 saturated carbocycles. The molecule has 9 heavy (non-hydrogen) atoms. The van der Waals surface area contributed by atoms with Crippen LogP contribution in [0, 0.1) is 0 Å². The summed E-state index contributed by atoms with van der Waals surface area (Å²) >= 11 is 0. The Morgan fingerprint density at radius 1 is 1.44 bits per heavy atom. The topological polar surface area (TPSA) is 15.3 Å². The third-order valence-electron chi connectivity index (χ3n) is 2.06. The van der Waals surface area contributed by atoms with Crippen LogP contribution in [0.1, 0.15) is 13.3 Å². The summed E-state index contributed by atoms with van der Waals surface area (Å²) in [5.41, 5.74) is 0. The molecule has 1 heterocycles. The van der Waals surface area contributed by atoms with Gasteiger partial charge in [0.05, 0.1) is 0 Å². The summed E-state index contributed by atoms with van der Waals surface area (Å²) in [5, 5.41) is 3.41. The zero-order valence-electron chi connectivity index (χ0n) is 6.52. The van der Waals surface area contributed by atoms with E-state index in [1.807, 2.05) is 0 Å². The molecule has 1 N–H and O–H groups in total. The second kappa shape index (κ2) is 2.67. The van der Waals surface area contributed by atoms with E-state index in [2.05, 4.69) is 31.2 Å². The number of nitrogens with one attached hydrogen (secondary N) is 1. The molecule has 0 aromatic carbocycles. The predicted octanol–water partition coefficient (Wildman–Crippen LogP) is 0.298. The lowest BCUT2D eigenvalue weighted by Crippen LogP contribution is -2.29. The Morgan fingerprint density at radius 3 is 2.33 bits per heavy atom. The van der Waals surface area contributed by atoms with Crippen molar-refractivity contribution in [1.29, 1.82) is 0 Å². The first kappa shape index (κ1) is 7.03. The third kappa shape index (κ3) is 1.66. The normalized spacial score (nSPS) is 36.0. The molecule has 2 atom stereocenters. The average Bonchev–Trinajstić information content (AvgIpc) is 2.14. The molecule has 2 nitrogen and oxygen atoms in total. The van der Waals surface area contributed by atoms with Gasteiger partial charge in [0.25, 0.3) is 0 Å². The Morgan fingerprint density at radius 2 is 2.11 bits per heavy atom. The van der Waals surface area contributed by atoms with Crippen LogP contribution in [-0.2, 0) is 0 Å². The molecular weight excluding hydrogens is 112 g/mol. The van der Waals surface area contributed by atoms with Crippen LogP contribution in [0.25, 0.3) is 0 Å². The van der Waals surface area contributed by atoms with Crippen LogP contribution in [0.4, 0.5) is 0 Å². The van der Waals surface area contributed by atoms with Gasteiger partial charge < -0.3 is 10.2 Å². The fourth-order valence-corrected chi connectivity index (χ4v) is 1.31. The molecule has 0 amide bonds. The summed E-state index contributed by atoms with van der Waals surface area (Å²) in [5.74, 6) is 0. The molecule has 0 aliphatic carbocycles. The first-order valence-electron chi connectivity index (χ1n) is 3.60. The zero-order valence-corrected chi connectivity index (χ0v) is 6.52. The summed E-state index contributed by atoms with van der Waals surface area (Å²) in [6.45, 7) is 3.40. The van der Waals surface area contributed by atoms with Gasteiger partial charge in [0.15, 0.2) is 0 Å². The highest BCUT2D eigenvalue weighted by molar-refractivity contribution is 4.82. The van der Waals surface area contributed by atoms with Crippen LogP contribution in [0.2, 0.25) is 0 Å². The van der Waals surface area contributed by atoms with Crippen LogP contribution in [0.3, 0.4) is 0 Å². The molecule has 1 aliphatic rings. The average molecular weight is 128 g/mol. The molecule has 1 rings (SSSR count). The molecular formula is C7H16N2. The molecule has 2 heteroatoms. The van der Waals surface area contributed by atoms with Crippen molar-refractivity contribution in [3.63, 3.8) is 0 Å². The molecule has 0 radical (unpaired) electrons. The maximum atomic E-state index is 3.41.